The Morgan fingerprint density at radius 1 is 1.16 bits per heavy atom. The third-order valence-corrected chi connectivity index (χ3v) is 7.26. The van der Waals surface area contributed by atoms with Crippen LogP contribution in [-0.4, -0.2) is 42.3 Å². The minimum atomic E-state index is -0.948. The molecule has 3 atom stereocenters. The molecule has 4 aliphatic rings. The van der Waals surface area contributed by atoms with E-state index in [1.54, 1.807) is 17.0 Å². The molecule has 2 saturated heterocycles. The van der Waals surface area contributed by atoms with Gasteiger partial charge in [-0.2, -0.15) is 0 Å². The number of nitrogens with zero attached hydrogens (tertiary/aromatic N) is 1. The molecule has 6 rings (SSSR count). The first kappa shape index (κ1) is 19.8. The van der Waals surface area contributed by atoms with Gasteiger partial charge in [-0.1, -0.05) is 36.4 Å². The van der Waals surface area contributed by atoms with E-state index in [1.165, 1.54) is 0 Å². The summed E-state index contributed by atoms with van der Waals surface area (Å²) in [4.78, 5) is 28.6. The van der Waals surface area contributed by atoms with Gasteiger partial charge in [0.05, 0.1) is 11.7 Å². The number of hydrogen-bond donors (Lipinski definition) is 0. The maximum atomic E-state index is 13.6. The summed E-state index contributed by atoms with van der Waals surface area (Å²) in [6.45, 7) is 0.734. The van der Waals surface area contributed by atoms with Gasteiger partial charge in [-0.05, 0) is 46.5 Å². The smallest absolute Gasteiger partial charge is 0.321 e. The molecule has 7 nitrogen and oxygen atoms in total. The highest BCUT2D eigenvalue weighted by Gasteiger charge is 2.67. The van der Waals surface area contributed by atoms with E-state index in [0.717, 1.165) is 5.56 Å². The van der Waals surface area contributed by atoms with Crippen LogP contribution < -0.4 is 9.47 Å². The van der Waals surface area contributed by atoms with Crippen LogP contribution in [0.2, 0.25) is 0 Å². The molecule has 32 heavy (non-hydrogen) atoms. The van der Waals surface area contributed by atoms with Crippen molar-refractivity contribution in [2.75, 3.05) is 13.3 Å². The molecule has 0 spiro atoms. The zero-order chi connectivity index (χ0) is 21.9. The molecule has 3 heterocycles. The number of hydrogen-bond acceptors (Lipinski definition) is 6. The quantitative estimate of drug-likeness (QED) is 0.472. The molecule has 0 unspecified atom stereocenters. The third-order valence-electron chi connectivity index (χ3n) is 6.60. The number of esters is 1. The fraction of sp³-hybridized carbons (Fsp3) is 0.333. The second-order valence-electron chi connectivity index (χ2n) is 8.35. The third kappa shape index (κ3) is 2.97. The Kier molecular flexibility index (Phi) is 4.55. The zero-order valence-corrected chi connectivity index (χ0v) is 18.7. The van der Waals surface area contributed by atoms with Crippen molar-refractivity contribution in [3.8, 4) is 11.5 Å². The fourth-order valence-electron chi connectivity index (χ4n) is 4.95. The maximum Gasteiger partial charge on any atom is 0.321 e. The number of carbonyl (C=O) groups excluding carboxylic acids is 2. The predicted octanol–water partition coefficient (Wildman–Crippen LogP) is 3.81. The molecular weight excluding hydrogens is 478 g/mol. The topological polar surface area (TPSA) is 77.6 Å². The van der Waals surface area contributed by atoms with E-state index in [9.17, 15) is 9.59 Å². The lowest BCUT2D eigenvalue weighted by Gasteiger charge is -2.31. The molecule has 0 bridgehead atoms. The van der Waals surface area contributed by atoms with E-state index in [-0.39, 0.29) is 37.5 Å². The minimum Gasteiger partial charge on any atom is -0.460 e. The zero-order valence-electron chi connectivity index (χ0n) is 17.1. The van der Waals surface area contributed by atoms with Gasteiger partial charge in [-0.15, -0.1) is 0 Å². The largest absolute Gasteiger partial charge is 0.460 e. The lowest BCUT2D eigenvalue weighted by molar-refractivity contribution is -0.156. The molecule has 3 aliphatic heterocycles. The van der Waals surface area contributed by atoms with Crippen LogP contribution in [0.1, 0.15) is 28.8 Å². The number of epoxide rings is 1. The summed E-state index contributed by atoms with van der Waals surface area (Å²) >= 11 is 3.48. The molecule has 0 saturated carbocycles. The van der Waals surface area contributed by atoms with Crippen LogP contribution in [0.5, 0.6) is 11.5 Å². The number of rotatable bonds is 4. The second-order valence-corrected chi connectivity index (χ2v) is 9.20. The average molecular weight is 498 g/mol. The van der Waals surface area contributed by atoms with E-state index in [2.05, 4.69) is 15.9 Å². The standard InChI is InChI=1S/C24H20BrNO6/c25-16-11-19-18(30-13-31-19)10-15(16)22(27)26-9-8-24(20(26)7-6-17-21(24)32-17)23(28)29-12-14-4-2-1-3-5-14/h1-5,7,10-11,17,21H,6,8-9,12-13H2/t17-,21-,24+/m1/s1. The Hall–Kier alpha value is -2.84. The van der Waals surface area contributed by atoms with E-state index >= 15 is 0 Å². The Morgan fingerprint density at radius 3 is 2.75 bits per heavy atom. The first-order valence-electron chi connectivity index (χ1n) is 10.6. The van der Waals surface area contributed by atoms with Crippen LogP contribution >= 0.6 is 15.9 Å². The van der Waals surface area contributed by atoms with E-state index < -0.39 is 5.41 Å². The summed E-state index contributed by atoms with van der Waals surface area (Å²) in [5, 5.41) is 0. The molecule has 2 aromatic carbocycles. The number of halogens is 1. The van der Waals surface area contributed by atoms with Crippen LogP contribution in [0.25, 0.3) is 0 Å². The lowest BCUT2D eigenvalue weighted by Crippen LogP contribution is -2.42. The highest BCUT2D eigenvalue weighted by molar-refractivity contribution is 9.10. The second kappa shape index (κ2) is 7.35. The number of ether oxygens (including phenoxy) is 4. The van der Waals surface area contributed by atoms with Crippen LogP contribution in [0, 0.1) is 5.41 Å². The fourth-order valence-corrected chi connectivity index (χ4v) is 5.45. The number of benzene rings is 2. The van der Waals surface area contributed by atoms with Gasteiger partial charge < -0.3 is 23.8 Å². The molecule has 1 amide bonds. The van der Waals surface area contributed by atoms with E-state index in [0.29, 0.717) is 46.6 Å². The summed E-state index contributed by atoms with van der Waals surface area (Å²) < 4.78 is 23.0. The van der Waals surface area contributed by atoms with Crippen LogP contribution in [-0.2, 0) is 20.9 Å². The van der Waals surface area contributed by atoms with Crippen molar-refractivity contribution in [1.82, 2.24) is 4.90 Å². The number of fused-ring (bicyclic) bond motifs is 4. The maximum absolute atomic E-state index is 13.6. The van der Waals surface area contributed by atoms with Gasteiger partial charge in [-0.25, -0.2) is 0 Å². The monoisotopic (exact) mass is 497 g/mol. The normalized spacial score (nSPS) is 26.8. The average Bonchev–Trinajstić information content (AvgIpc) is 3.30. The van der Waals surface area contributed by atoms with Crippen molar-refractivity contribution in [1.29, 1.82) is 0 Å². The first-order chi connectivity index (χ1) is 15.6. The van der Waals surface area contributed by atoms with Crippen molar-refractivity contribution in [2.24, 2.45) is 5.41 Å². The highest BCUT2D eigenvalue weighted by Crippen LogP contribution is 2.57. The van der Waals surface area contributed by atoms with Gasteiger partial charge in [-0.3, -0.25) is 9.59 Å². The molecular formula is C24H20BrNO6. The minimum absolute atomic E-state index is 0.00959. The van der Waals surface area contributed by atoms with Gasteiger partial charge in [0.2, 0.25) is 6.79 Å². The van der Waals surface area contributed by atoms with Crippen LogP contribution in [0.3, 0.4) is 0 Å². The van der Waals surface area contributed by atoms with Crippen molar-refractivity contribution < 1.29 is 28.5 Å². The molecule has 0 radical (unpaired) electrons. The van der Waals surface area contributed by atoms with Gasteiger partial charge in [0.15, 0.2) is 11.5 Å². The summed E-state index contributed by atoms with van der Waals surface area (Å²) in [6, 6.07) is 13.0. The number of carbonyl (C=O) groups is 2. The van der Waals surface area contributed by atoms with Crippen LogP contribution in [0.15, 0.2) is 58.7 Å². The molecule has 0 aromatic heterocycles. The van der Waals surface area contributed by atoms with Gasteiger partial charge in [0.25, 0.3) is 5.91 Å². The Bertz CT molecular complexity index is 1150. The van der Waals surface area contributed by atoms with Gasteiger partial charge in [0.1, 0.15) is 18.1 Å². The summed E-state index contributed by atoms with van der Waals surface area (Å²) in [5.41, 5.74) is 1.12. The lowest BCUT2D eigenvalue weighted by atomic mass is 9.75. The highest BCUT2D eigenvalue weighted by atomic mass is 79.9. The Balaban J connectivity index is 1.29. The summed E-state index contributed by atoms with van der Waals surface area (Å²) in [6.07, 6.45) is 2.88. The van der Waals surface area contributed by atoms with Gasteiger partial charge >= 0.3 is 5.97 Å². The van der Waals surface area contributed by atoms with Crippen molar-refractivity contribution in [3.63, 3.8) is 0 Å². The molecule has 0 N–H and O–H groups in total. The summed E-state index contributed by atoms with van der Waals surface area (Å²) in [5.74, 6) is 0.602. The van der Waals surface area contributed by atoms with E-state index in [4.69, 9.17) is 18.9 Å². The Morgan fingerprint density at radius 2 is 1.94 bits per heavy atom. The Labute approximate surface area is 193 Å². The van der Waals surface area contributed by atoms with Crippen LogP contribution in [0.4, 0.5) is 0 Å². The molecule has 8 heteroatoms. The summed E-state index contributed by atoms with van der Waals surface area (Å²) in [7, 11) is 0. The molecule has 164 valence electrons. The first-order valence-corrected chi connectivity index (χ1v) is 11.4. The van der Waals surface area contributed by atoms with E-state index in [1.807, 2.05) is 36.4 Å². The van der Waals surface area contributed by atoms with Crippen molar-refractivity contribution >= 4 is 27.8 Å². The van der Waals surface area contributed by atoms with Crippen molar-refractivity contribution in [2.45, 2.75) is 31.7 Å². The van der Waals surface area contributed by atoms with Crippen molar-refractivity contribution in [3.05, 3.63) is 69.8 Å². The molecule has 2 aromatic rings. The van der Waals surface area contributed by atoms with Gasteiger partial charge in [0, 0.05) is 16.7 Å². The predicted molar refractivity (Wildman–Crippen MR) is 116 cm³/mol. The SMILES string of the molecule is O=C(c1cc2c(cc1Br)OCO2)N1CC[C@]2(C(=O)OCc3ccccc3)C1=CC[C@H]1O[C@H]12. The molecule has 2 fully saturated rings. The number of likely N-dealkylation sites (tertiary alicyclic amines) is 1. The number of amides is 1. The molecule has 1 aliphatic carbocycles.